The zero-order chi connectivity index (χ0) is 16.8. The lowest BCUT2D eigenvalue weighted by Crippen LogP contribution is -2.40. The fraction of sp³-hybridized carbons (Fsp3) is 0.267. The van der Waals surface area contributed by atoms with Crippen LogP contribution in [-0.2, 0) is 14.3 Å². The number of hydrogen-bond acceptors (Lipinski definition) is 5. The third kappa shape index (κ3) is 4.82. The van der Waals surface area contributed by atoms with Gasteiger partial charge in [0.05, 0.1) is 11.5 Å². The lowest BCUT2D eigenvalue weighted by molar-refractivity contribution is -0.129. The van der Waals surface area contributed by atoms with Crippen LogP contribution in [0.3, 0.4) is 0 Å². The molecule has 0 saturated carbocycles. The molecule has 8 heteroatoms. The van der Waals surface area contributed by atoms with Gasteiger partial charge < -0.3 is 10.1 Å². The fourth-order valence-corrected chi connectivity index (χ4v) is 2.80. The number of hydrogen-bond donors (Lipinski definition) is 1. The maximum absolute atomic E-state index is 12.2. The molecule has 1 N–H and O–H groups in total. The van der Waals surface area contributed by atoms with E-state index in [9.17, 15) is 14.4 Å². The number of nitrogens with one attached hydrogen (secondary N) is 1. The van der Waals surface area contributed by atoms with E-state index in [1.54, 1.807) is 30.3 Å². The second-order valence-corrected chi connectivity index (χ2v) is 6.09. The van der Waals surface area contributed by atoms with Crippen molar-refractivity contribution in [3.05, 3.63) is 39.8 Å². The van der Waals surface area contributed by atoms with Crippen LogP contribution in [0.5, 0.6) is 0 Å². The summed E-state index contributed by atoms with van der Waals surface area (Å²) in [5.74, 6) is -0.881. The van der Waals surface area contributed by atoms with Crippen LogP contribution in [0.15, 0.2) is 29.2 Å². The zero-order valence-corrected chi connectivity index (χ0v) is 13.9. The summed E-state index contributed by atoms with van der Waals surface area (Å²) in [7, 11) is 1.52. The summed E-state index contributed by atoms with van der Waals surface area (Å²) in [5, 5.41) is 2.69. The fourth-order valence-electron chi connectivity index (χ4n) is 1.84. The van der Waals surface area contributed by atoms with Gasteiger partial charge in [-0.2, -0.15) is 0 Å². The molecule has 1 fully saturated rings. The maximum atomic E-state index is 12.2. The van der Waals surface area contributed by atoms with Crippen molar-refractivity contribution in [2.24, 2.45) is 0 Å². The first-order chi connectivity index (χ1) is 11.0. The van der Waals surface area contributed by atoms with Gasteiger partial charge in [0.15, 0.2) is 0 Å². The van der Waals surface area contributed by atoms with E-state index in [0.29, 0.717) is 18.2 Å². The van der Waals surface area contributed by atoms with Crippen LogP contribution in [-0.4, -0.2) is 48.8 Å². The van der Waals surface area contributed by atoms with Crippen LogP contribution in [0.1, 0.15) is 5.56 Å². The van der Waals surface area contributed by atoms with Crippen molar-refractivity contribution in [1.82, 2.24) is 10.2 Å². The molecule has 23 heavy (non-hydrogen) atoms. The topological polar surface area (TPSA) is 75.7 Å². The van der Waals surface area contributed by atoms with Gasteiger partial charge in [-0.3, -0.25) is 19.3 Å². The number of imide groups is 1. The molecule has 0 atom stereocenters. The molecule has 0 unspecified atom stereocenters. The number of nitrogens with zero attached hydrogens (tertiary/aromatic N) is 1. The summed E-state index contributed by atoms with van der Waals surface area (Å²) >= 11 is 6.62. The first kappa shape index (κ1) is 17.5. The van der Waals surface area contributed by atoms with Gasteiger partial charge in [-0.05, 0) is 35.5 Å². The maximum Gasteiger partial charge on any atom is 0.294 e. The monoisotopic (exact) mass is 354 g/mol. The zero-order valence-electron chi connectivity index (χ0n) is 12.4. The smallest absolute Gasteiger partial charge is 0.294 e. The van der Waals surface area contributed by atoms with Gasteiger partial charge in [0, 0.05) is 18.7 Å². The Labute approximate surface area is 142 Å². The molecule has 122 valence electrons. The van der Waals surface area contributed by atoms with Crippen molar-refractivity contribution >= 4 is 46.5 Å². The Kier molecular flexibility index (Phi) is 6.20. The summed E-state index contributed by atoms with van der Waals surface area (Å²) in [6.07, 6.45) is 1.60. The molecule has 1 aliphatic heterocycles. The number of carbonyl (C=O) groups is 3. The highest BCUT2D eigenvalue weighted by Crippen LogP contribution is 2.32. The van der Waals surface area contributed by atoms with Gasteiger partial charge in [-0.1, -0.05) is 23.7 Å². The second kappa shape index (κ2) is 8.14. The largest absolute Gasteiger partial charge is 0.383 e. The van der Waals surface area contributed by atoms with Crippen LogP contribution >= 0.6 is 23.4 Å². The average Bonchev–Trinajstić information content (AvgIpc) is 2.77. The van der Waals surface area contributed by atoms with Crippen molar-refractivity contribution in [3.8, 4) is 0 Å². The molecule has 3 amide bonds. The molecule has 0 spiro atoms. The van der Waals surface area contributed by atoms with Crippen molar-refractivity contribution in [2.45, 2.75) is 0 Å². The number of benzene rings is 1. The first-order valence-corrected chi connectivity index (χ1v) is 7.97. The Morgan fingerprint density at radius 1 is 1.35 bits per heavy atom. The molecule has 1 saturated heterocycles. The highest BCUT2D eigenvalue weighted by molar-refractivity contribution is 8.18. The van der Waals surface area contributed by atoms with Gasteiger partial charge >= 0.3 is 0 Å². The summed E-state index contributed by atoms with van der Waals surface area (Å²) in [6, 6.07) is 6.88. The number of carbonyl (C=O) groups excluding carboxylic acids is 3. The van der Waals surface area contributed by atoms with E-state index in [2.05, 4.69) is 5.32 Å². The molecule has 2 rings (SSSR count). The van der Waals surface area contributed by atoms with E-state index < -0.39 is 17.1 Å². The summed E-state index contributed by atoms with van der Waals surface area (Å²) in [6.45, 7) is 0.391. The first-order valence-electron chi connectivity index (χ1n) is 6.78. The van der Waals surface area contributed by atoms with Crippen molar-refractivity contribution in [1.29, 1.82) is 0 Å². The molecule has 0 aromatic heterocycles. The summed E-state index contributed by atoms with van der Waals surface area (Å²) in [5.41, 5.74) is 0.754. The Morgan fingerprint density at radius 2 is 2.04 bits per heavy atom. The number of halogens is 1. The Bertz CT molecular complexity index is 645. The third-order valence-electron chi connectivity index (χ3n) is 2.97. The Hall–Kier alpha value is -1.83. The number of methoxy groups -OCH3 is 1. The van der Waals surface area contributed by atoms with Gasteiger partial charge in [0.2, 0.25) is 5.91 Å². The lowest BCUT2D eigenvalue weighted by atomic mass is 10.2. The SMILES string of the molecule is COCCNC(=O)CN1C(=O)S/C(=C\c2ccc(Cl)cc2)C1=O. The van der Waals surface area contributed by atoms with Gasteiger partial charge in [-0.15, -0.1) is 0 Å². The number of ether oxygens (including phenoxy) is 1. The second-order valence-electron chi connectivity index (χ2n) is 4.66. The van der Waals surface area contributed by atoms with E-state index in [0.717, 1.165) is 22.2 Å². The molecule has 1 aliphatic rings. The molecular weight excluding hydrogens is 340 g/mol. The van der Waals surface area contributed by atoms with E-state index in [1.165, 1.54) is 7.11 Å². The molecule has 0 aliphatic carbocycles. The minimum atomic E-state index is -0.475. The number of amides is 3. The van der Waals surface area contributed by atoms with Crippen molar-refractivity contribution < 1.29 is 19.1 Å². The summed E-state index contributed by atoms with van der Waals surface area (Å²) in [4.78, 5) is 37.1. The van der Waals surface area contributed by atoms with Crippen LogP contribution in [0.2, 0.25) is 5.02 Å². The van der Waals surface area contributed by atoms with Crippen LogP contribution < -0.4 is 5.32 Å². The van der Waals surface area contributed by atoms with E-state index in [4.69, 9.17) is 16.3 Å². The Balaban J connectivity index is 2.02. The molecule has 6 nitrogen and oxygen atoms in total. The van der Waals surface area contributed by atoms with Gasteiger partial charge in [0.25, 0.3) is 11.1 Å². The normalized spacial score (nSPS) is 16.3. The van der Waals surface area contributed by atoms with E-state index in [-0.39, 0.29) is 11.4 Å². The molecular formula is C15H15ClN2O4S. The highest BCUT2D eigenvalue weighted by atomic mass is 35.5. The van der Waals surface area contributed by atoms with E-state index in [1.807, 2.05) is 0 Å². The predicted octanol–water partition coefficient (Wildman–Crippen LogP) is 2.14. The van der Waals surface area contributed by atoms with Crippen molar-refractivity contribution in [3.63, 3.8) is 0 Å². The predicted molar refractivity (Wildman–Crippen MR) is 89.0 cm³/mol. The van der Waals surface area contributed by atoms with Gasteiger partial charge in [0.1, 0.15) is 6.54 Å². The highest BCUT2D eigenvalue weighted by Gasteiger charge is 2.36. The van der Waals surface area contributed by atoms with E-state index >= 15 is 0 Å². The molecule has 0 bridgehead atoms. The third-order valence-corrected chi connectivity index (χ3v) is 4.13. The van der Waals surface area contributed by atoms with Crippen LogP contribution in [0.4, 0.5) is 4.79 Å². The molecule has 1 heterocycles. The minimum Gasteiger partial charge on any atom is -0.383 e. The quantitative estimate of drug-likeness (QED) is 0.625. The molecule has 0 radical (unpaired) electrons. The average molecular weight is 355 g/mol. The van der Waals surface area contributed by atoms with Crippen LogP contribution in [0, 0.1) is 0 Å². The summed E-state index contributed by atoms with van der Waals surface area (Å²) < 4.78 is 4.81. The molecule has 1 aromatic rings. The number of rotatable bonds is 6. The van der Waals surface area contributed by atoms with Crippen LogP contribution in [0.25, 0.3) is 6.08 Å². The standard InChI is InChI=1S/C15H15ClN2O4S/c1-22-7-6-17-13(19)9-18-14(20)12(23-15(18)21)8-10-2-4-11(16)5-3-10/h2-5,8H,6-7,9H2,1H3,(H,17,19)/b12-8-. The Morgan fingerprint density at radius 3 is 2.70 bits per heavy atom. The lowest BCUT2D eigenvalue weighted by Gasteiger charge is -2.12. The van der Waals surface area contributed by atoms with Gasteiger partial charge in [-0.25, -0.2) is 0 Å². The molecule has 1 aromatic carbocycles. The minimum absolute atomic E-state index is 0.280. The van der Waals surface area contributed by atoms with Crippen molar-refractivity contribution in [2.75, 3.05) is 26.8 Å². The number of thioether (sulfide) groups is 1.